The molecule has 234 valence electrons. The highest BCUT2D eigenvalue weighted by atomic mass is 32.1. The number of Topliss-reactive ketones (excluding diaryl/α,β-unsaturated/α-hetero) is 1. The van der Waals surface area contributed by atoms with Gasteiger partial charge in [0, 0.05) is 19.0 Å². The van der Waals surface area contributed by atoms with Gasteiger partial charge >= 0.3 is 12.1 Å². The van der Waals surface area contributed by atoms with Crippen LogP contribution >= 0.6 is 11.3 Å². The monoisotopic (exact) mass is 620 g/mol. The predicted molar refractivity (Wildman–Crippen MR) is 157 cm³/mol. The van der Waals surface area contributed by atoms with E-state index < -0.39 is 52.9 Å². The second-order valence-corrected chi connectivity index (χ2v) is 11.4. The second-order valence-electron chi connectivity index (χ2n) is 10.4. The average molecular weight is 621 g/mol. The molecule has 0 spiro atoms. The lowest BCUT2D eigenvalue weighted by molar-refractivity contribution is -0.125. The van der Waals surface area contributed by atoms with Crippen molar-refractivity contribution >= 4 is 46.9 Å². The quantitative estimate of drug-likeness (QED) is 0.151. The number of ketones is 1. The normalized spacial score (nSPS) is 11.6. The summed E-state index contributed by atoms with van der Waals surface area (Å²) in [6.07, 6.45) is -0.388. The molecule has 1 aromatic heterocycles. The number of alkyl carbamates (subject to hydrolysis) is 1. The predicted octanol–water partition coefficient (Wildman–Crippen LogP) is 2.85. The molecular formula is C29H37FN4O8S. The average Bonchev–Trinajstić information content (AvgIpc) is 3.29. The maximum Gasteiger partial charge on any atom is 0.408 e. The molecule has 0 aliphatic carbocycles. The zero-order chi connectivity index (χ0) is 32.3. The summed E-state index contributed by atoms with van der Waals surface area (Å²) < 4.78 is 23.3. The first-order valence-electron chi connectivity index (χ1n) is 13.5. The van der Waals surface area contributed by atoms with Crippen molar-refractivity contribution in [2.45, 2.75) is 52.6 Å². The van der Waals surface area contributed by atoms with Gasteiger partial charge in [-0.2, -0.15) is 0 Å². The van der Waals surface area contributed by atoms with Crippen LogP contribution in [0.3, 0.4) is 0 Å². The van der Waals surface area contributed by atoms with E-state index in [1.807, 2.05) is 0 Å². The molecule has 4 amide bonds. The summed E-state index contributed by atoms with van der Waals surface area (Å²) in [5, 5.41) is 9.78. The number of thiophene rings is 1. The van der Waals surface area contributed by atoms with E-state index in [0.717, 1.165) is 11.3 Å². The molecule has 0 aliphatic heterocycles. The van der Waals surface area contributed by atoms with E-state index in [0.29, 0.717) is 12.0 Å². The summed E-state index contributed by atoms with van der Waals surface area (Å²) in [5.74, 6) is -3.95. The Morgan fingerprint density at radius 2 is 1.47 bits per heavy atom. The van der Waals surface area contributed by atoms with Gasteiger partial charge in [0.2, 0.25) is 11.8 Å². The van der Waals surface area contributed by atoms with Crippen molar-refractivity contribution in [1.82, 2.24) is 21.3 Å². The van der Waals surface area contributed by atoms with E-state index >= 15 is 0 Å². The van der Waals surface area contributed by atoms with Crippen molar-refractivity contribution in [1.29, 1.82) is 0 Å². The Hall–Kier alpha value is -4.33. The number of carbonyl (C=O) groups is 6. The van der Waals surface area contributed by atoms with Crippen LogP contribution in [0.15, 0.2) is 24.3 Å². The Morgan fingerprint density at radius 1 is 0.884 bits per heavy atom. The molecule has 1 unspecified atom stereocenters. The van der Waals surface area contributed by atoms with Crippen LogP contribution in [-0.4, -0.2) is 74.5 Å². The molecule has 4 N–H and O–H groups in total. The van der Waals surface area contributed by atoms with Gasteiger partial charge in [0.15, 0.2) is 5.78 Å². The molecule has 2 rings (SSSR count). The van der Waals surface area contributed by atoms with E-state index in [4.69, 9.17) is 9.47 Å². The summed E-state index contributed by atoms with van der Waals surface area (Å²) in [5.41, 5.74) is 0.130. The lowest BCUT2D eigenvalue weighted by atomic mass is 9.90. The van der Waals surface area contributed by atoms with E-state index in [1.54, 1.807) is 27.7 Å². The first-order chi connectivity index (χ1) is 20.2. The van der Waals surface area contributed by atoms with Crippen molar-refractivity contribution < 1.29 is 42.6 Å². The van der Waals surface area contributed by atoms with Gasteiger partial charge in [-0.3, -0.25) is 19.2 Å². The molecule has 1 atom stereocenters. The molecule has 0 saturated heterocycles. The number of methoxy groups -OCH3 is 1. The molecule has 2 aromatic rings. The molecule has 0 saturated carbocycles. The summed E-state index contributed by atoms with van der Waals surface area (Å²) in [6, 6.07) is 5.52. The Bertz CT molecular complexity index is 1350. The third kappa shape index (κ3) is 10.5. The minimum Gasteiger partial charge on any atom is -0.465 e. The summed E-state index contributed by atoms with van der Waals surface area (Å²) in [6.45, 7) is 7.68. The van der Waals surface area contributed by atoms with Crippen molar-refractivity contribution in [2.75, 3.05) is 33.3 Å². The molecule has 1 aromatic carbocycles. The number of amides is 4. The van der Waals surface area contributed by atoms with E-state index in [1.165, 1.54) is 38.3 Å². The molecule has 0 fully saturated rings. The molecule has 1 heterocycles. The maximum atomic E-state index is 13.5. The first kappa shape index (κ1) is 34.9. The number of benzene rings is 1. The van der Waals surface area contributed by atoms with Crippen LogP contribution in [0.1, 0.15) is 80.9 Å². The summed E-state index contributed by atoms with van der Waals surface area (Å²) in [4.78, 5) is 74.8. The number of nitrogens with one attached hydrogen (secondary N) is 4. The third-order valence-electron chi connectivity index (χ3n) is 5.93. The molecule has 0 aliphatic rings. The Labute approximate surface area is 253 Å². The number of esters is 1. The molecular weight excluding hydrogens is 583 g/mol. The molecule has 43 heavy (non-hydrogen) atoms. The Balaban J connectivity index is 1.95. The minimum absolute atomic E-state index is 0.00610. The minimum atomic E-state index is -0.767. The van der Waals surface area contributed by atoms with Crippen LogP contribution in [0.5, 0.6) is 0 Å². The fourth-order valence-corrected chi connectivity index (χ4v) is 5.11. The molecule has 0 radical (unpaired) electrons. The van der Waals surface area contributed by atoms with Crippen LogP contribution in [-0.2, 0) is 19.1 Å². The van der Waals surface area contributed by atoms with Crippen molar-refractivity contribution in [3.05, 3.63) is 56.5 Å². The molecule has 12 nitrogen and oxygen atoms in total. The van der Waals surface area contributed by atoms with Gasteiger partial charge in [0.05, 0.1) is 29.0 Å². The number of rotatable bonds is 13. The fraction of sp³-hybridized carbons (Fsp3) is 0.448. The zero-order valence-corrected chi connectivity index (χ0v) is 25.8. The number of halogens is 1. The van der Waals surface area contributed by atoms with Crippen LogP contribution in [0.25, 0.3) is 0 Å². The van der Waals surface area contributed by atoms with E-state index in [2.05, 4.69) is 21.3 Å². The highest BCUT2D eigenvalue weighted by Gasteiger charge is 2.32. The number of hydrogen-bond acceptors (Lipinski definition) is 9. The number of ether oxygens (including phenoxy) is 2. The van der Waals surface area contributed by atoms with E-state index in [-0.39, 0.29) is 47.1 Å². The standard InChI is InChI=1S/C29H37FN4O8S/c1-7-19(17-8-10-18(30)11-9-17)23(37)25-22(27(39)41-6)16(2)24(43-25)26(38)32-13-12-31-20(35)14-33-21(36)15-34-28(40)42-29(3,4)5/h8-11,19H,7,12-15H2,1-6H3,(H,31,35)(H,32,38)(H,33,36)(H,34,40). The largest absolute Gasteiger partial charge is 0.465 e. The smallest absolute Gasteiger partial charge is 0.408 e. The SMILES string of the molecule is CCC(C(=O)c1sc(C(=O)NCCNC(=O)CNC(=O)CNC(=O)OC(C)(C)C)c(C)c1C(=O)OC)c1ccc(F)cc1. The van der Waals surface area contributed by atoms with Crippen LogP contribution < -0.4 is 21.3 Å². The summed E-state index contributed by atoms with van der Waals surface area (Å²) in [7, 11) is 1.17. The topological polar surface area (TPSA) is 169 Å². The lowest BCUT2D eigenvalue weighted by Gasteiger charge is -2.19. The highest BCUT2D eigenvalue weighted by molar-refractivity contribution is 7.16. The number of hydrogen-bond donors (Lipinski definition) is 4. The molecule has 0 bridgehead atoms. The fourth-order valence-electron chi connectivity index (χ4n) is 3.91. The van der Waals surface area contributed by atoms with Gasteiger partial charge in [-0.1, -0.05) is 19.1 Å². The summed E-state index contributed by atoms with van der Waals surface area (Å²) >= 11 is 0.862. The van der Waals surface area contributed by atoms with Gasteiger partial charge in [-0.25, -0.2) is 14.0 Å². The number of carbonyl (C=O) groups excluding carboxylic acids is 6. The van der Waals surface area contributed by atoms with Crippen molar-refractivity contribution in [2.24, 2.45) is 0 Å². The highest BCUT2D eigenvalue weighted by Crippen LogP contribution is 2.34. The van der Waals surface area contributed by atoms with Gasteiger partial charge < -0.3 is 30.7 Å². The van der Waals surface area contributed by atoms with Crippen LogP contribution in [0.4, 0.5) is 9.18 Å². The van der Waals surface area contributed by atoms with E-state index in [9.17, 15) is 33.2 Å². The lowest BCUT2D eigenvalue weighted by Crippen LogP contribution is -2.44. The zero-order valence-electron chi connectivity index (χ0n) is 25.0. The van der Waals surface area contributed by atoms with Gasteiger partial charge in [0.1, 0.15) is 18.0 Å². The van der Waals surface area contributed by atoms with Gasteiger partial charge in [-0.05, 0) is 57.4 Å². The Morgan fingerprint density at radius 3 is 2.05 bits per heavy atom. The van der Waals surface area contributed by atoms with Crippen LogP contribution in [0, 0.1) is 12.7 Å². The second kappa shape index (κ2) is 15.8. The third-order valence-corrected chi connectivity index (χ3v) is 7.24. The Kier molecular flexibility index (Phi) is 12.8. The van der Waals surface area contributed by atoms with Gasteiger partial charge in [-0.15, -0.1) is 11.3 Å². The van der Waals surface area contributed by atoms with Gasteiger partial charge in [0.25, 0.3) is 5.91 Å². The van der Waals surface area contributed by atoms with Crippen LogP contribution in [0.2, 0.25) is 0 Å². The maximum absolute atomic E-state index is 13.5. The first-order valence-corrected chi connectivity index (χ1v) is 14.3. The van der Waals surface area contributed by atoms with Crippen molar-refractivity contribution in [3.63, 3.8) is 0 Å². The van der Waals surface area contributed by atoms with Crippen molar-refractivity contribution in [3.8, 4) is 0 Å². The molecule has 14 heteroatoms.